The van der Waals surface area contributed by atoms with Crippen LogP contribution in [-0.2, 0) is 19.4 Å². The van der Waals surface area contributed by atoms with E-state index >= 15 is 0 Å². The van der Waals surface area contributed by atoms with Gasteiger partial charge >= 0.3 is 0 Å². The van der Waals surface area contributed by atoms with Gasteiger partial charge in [-0.25, -0.2) is 4.98 Å². The number of rotatable bonds is 2. The Morgan fingerprint density at radius 3 is 2.50 bits per heavy atom. The van der Waals surface area contributed by atoms with Crippen molar-refractivity contribution in [3.63, 3.8) is 0 Å². The highest BCUT2D eigenvalue weighted by molar-refractivity contribution is 7.09. The van der Waals surface area contributed by atoms with Gasteiger partial charge in [0.05, 0.1) is 17.3 Å². The van der Waals surface area contributed by atoms with E-state index in [0.29, 0.717) is 5.92 Å². The minimum atomic E-state index is 0.0518. The summed E-state index contributed by atoms with van der Waals surface area (Å²) in [4.78, 5) is 4.46. The Balaban J connectivity index is 1.85. The molecule has 0 fully saturated rings. The van der Waals surface area contributed by atoms with Gasteiger partial charge in [0, 0.05) is 11.3 Å². The second-order valence-electron chi connectivity index (χ2n) is 4.21. The van der Waals surface area contributed by atoms with Crippen molar-refractivity contribution in [3.05, 3.63) is 51.5 Å². The maximum absolute atomic E-state index is 9.01. The van der Waals surface area contributed by atoms with E-state index in [1.807, 2.05) is 5.38 Å². The molecule has 1 heterocycles. The largest absolute Gasteiger partial charge is 0.390 e. The van der Waals surface area contributed by atoms with Crippen LogP contribution in [0, 0.1) is 0 Å². The molecule has 0 aliphatic heterocycles. The number of nitrogens with zero attached hydrogens (tertiary/aromatic N) is 1. The van der Waals surface area contributed by atoms with Gasteiger partial charge in [0.1, 0.15) is 0 Å². The number of fused-ring (bicyclic) bond motifs is 1. The molecule has 82 valence electrons. The van der Waals surface area contributed by atoms with E-state index in [-0.39, 0.29) is 6.61 Å². The molecule has 0 amide bonds. The van der Waals surface area contributed by atoms with Crippen molar-refractivity contribution in [2.24, 2.45) is 0 Å². The Morgan fingerprint density at radius 2 is 1.94 bits per heavy atom. The third-order valence-corrected chi connectivity index (χ3v) is 4.19. The van der Waals surface area contributed by atoms with Crippen molar-refractivity contribution in [3.8, 4) is 0 Å². The number of aromatic nitrogens is 1. The summed E-state index contributed by atoms with van der Waals surface area (Å²) in [5.74, 6) is 0.516. The Morgan fingerprint density at radius 1 is 1.25 bits per heavy atom. The van der Waals surface area contributed by atoms with Gasteiger partial charge in [-0.2, -0.15) is 0 Å². The number of aliphatic hydroxyl groups excluding tert-OH is 1. The van der Waals surface area contributed by atoms with Gasteiger partial charge in [-0.3, -0.25) is 0 Å². The lowest BCUT2D eigenvalue weighted by Gasteiger charge is -2.03. The minimum absolute atomic E-state index is 0.0518. The van der Waals surface area contributed by atoms with E-state index in [2.05, 4.69) is 29.2 Å². The van der Waals surface area contributed by atoms with Gasteiger partial charge in [-0.15, -0.1) is 11.3 Å². The first-order chi connectivity index (χ1) is 7.86. The van der Waals surface area contributed by atoms with Crippen LogP contribution < -0.4 is 0 Å². The Hall–Kier alpha value is -1.19. The number of hydrogen-bond acceptors (Lipinski definition) is 3. The summed E-state index contributed by atoms with van der Waals surface area (Å²) in [7, 11) is 0. The van der Waals surface area contributed by atoms with Crippen LogP contribution in [0.5, 0.6) is 0 Å². The van der Waals surface area contributed by atoms with Crippen molar-refractivity contribution in [1.29, 1.82) is 0 Å². The summed E-state index contributed by atoms with van der Waals surface area (Å²) in [6.07, 6.45) is 2.18. The molecule has 0 bridgehead atoms. The average Bonchev–Trinajstić information content (AvgIpc) is 2.95. The molecule has 0 unspecified atom stereocenters. The van der Waals surface area contributed by atoms with Crippen LogP contribution in [0.3, 0.4) is 0 Å². The minimum Gasteiger partial charge on any atom is -0.390 e. The SMILES string of the molecule is OCc1csc(C2Cc3ccccc3C2)n1. The second-order valence-corrected chi connectivity index (χ2v) is 5.10. The van der Waals surface area contributed by atoms with E-state index in [4.69, 9.17) is 5.11 Å². The maximum atomic E-state index is 9.01. The number of aliphatic hydroxyl groups is 1. The quantitative estimate of drug-likeness (QED) is 0.861. The lowest BCUT2D eigenvalue weighted by atomic mass is 10.1. The molecule has 1 aliphatic rings. The van der Waals surface area contributed by atoms with Crippen LogP contribution in [0.15, 0.2) is 29.6 Å². The molecule has 3 heteroatoms. The van der Waals surface area contributed by atoms with Crippen LogP contribution in [0.2, 0.25) is 0 Å². The number of hydrogen-bond donors (Lipinski definition) is 1. The highest BCUT2D eigenvalue weighted by Gasteiger charge is 2.24. The summed E-state index contributed by atoms with van der Waals surface area (Å²) >= 11 is 1.67. The molecule has 0 radical (unpaired) electrons. The zero-order valence-electron chi connectivity index (χ0n) is 8.89. The smallest absolute Gasteiger partial charge is 0.0966 e. The molecule has 2 nitrogen and oxygen atoms in total. The molecule has 3 rings (SSSR count). The lowest BCUT2D eigenvalue weighted by molar-refractivity contribution is 0.277. The zero-order chi connectivity index (χ0) is 11.0. The molecule has 1 aromatic heterocycles. The predicted molar refractivity (Wildman–Crippen MR) is 64.6 cm³/mol. The first-order valence-electron chi connectivity index (χ1n) is 5.49. The van der Waals surface area contributed by atoms with Gasteiger partial charge in [-0.1, -0.05) is 24.3 Å². The fourth-order valence-corrected chi connectivity index (χ4v) is 3.23. The first-order valence-corrected chi connectivity index (χ1v) is 6.36. The topological polar surface area (TPSA) is 33.1 Å². The molecule has 0 spiro atoms. The third-order valence-electron chi connectivity index (χ3n) is 3.13. The van der Waals surface area contributed by atoms with Crippen LogP contribution in [0.4, 0.5) is 0 Å². The number of benzene rings is 1. The van der Waals surface area contributed by atoms with Crippen LogP contribution in [0.25, 0.3) is 0 Å². The van der Waals surface area contributed by atoms with Gasteiger partial charge < -0.3 is 5.11 Å². The molecular weight excluding hydrogens is 218 g/mol. The summed E-state index contributed by atoms with van der Waals surface area (Å²) in [5, 5.41) is 12.1. The lowest BCUT2D eigenvalue weighted by Crippen LogP contribution is -1.97. The van der Waals surface area contributed by atoms with Gasteiger partial charge in [0.2, 0.25) is 0 Å². The fourth-order valence-electron chi connectivity index (χ4n) is 2.32. The van der Waals surface area contributed by atoms with Crippen molar-refractivity contribution in [2.45, 2.75) is 25.4 Å². The standard InChI is InChI=1S/C13H13NOS/c15-7-12-8-16-13(14-12)11-5-9-3-1-2-4-10(9)6-11/h1-4,8,11,15H,5-7H2. The van der Waals surface area contributed by atoms with Crippen molar-refractivity contribution >= 4 is 11.3 Å². The van der Waals surface area contributed by atoms with Crippen molar-refractivity contribution in [2.75, 3.05) is 0 Å². The van der Waals surface area contributed by atoms with E-state index in [9.17, 15) is 0 Å². The summed E-state index contributed by atoms with van der Waals surface area (Å²) in [6.45, 7) is 0.0518. The molecule has 0 saturated carbocycles. The molecule has 0 saturated heterocycles. The molecule has 1 aromatic carbocycles. The highest BCUT2D eigenvalue weighted by Crippen LogP contribution is 2.35. The summed E-state index contributed by atoms with van der Waals surface area (Å²) in [5.41, 5.74) is 3.71. The normalized spacial score (nSPS) is 15.3. The van der Waals surface area contributed by atoms with Crippen LogP contribution in [0.1, 0.15) is 27.7 Å². The Bertz CT molecular complexity index is 481. The van der Waals surface area contributed by atoms with Crippen molar-refractivity contribution in [1.82, 2.24) is 4.98 Å². The molecule has 16 heavy (non-hydrogen) atoms. The predicted octanol–water partition coefficient (Wildman–Crippen LogP) is 2.52. The average molecular weight is 231 g/mol. The Kier molecular flexibility index (Phi) is 2.50. The van der Waals surface area contributed by atoms with Gasteiger partial charge in [0.25, 0.3) is 0 Å². The molecule has 2 aromatic rings. The van der Waals surface area contributed by atoms with Gasteiger partial charge in [-0.05, 0) is 24.0 Å². The number of thiazole rings is 1. The highest BCUT2D eigenvalue weighted by atomic mass is 32.1. The molecule has 1 N–H and O–H groups in total. The fraction of sp³-hybridized carbons (Fsp3) is 0.308. The van der Waals surface area contributed by atoms with Crippen molar-refractivity contribution < 1.29 is 5.11 Å². The molecule has 1 aliphatic carbocycles. The summed E-state index contributed by atoms with van der Waals surface area (Å²) in [6, 6.07) is 8.61. The van der Waals surface area contributed by atoms with Gasteiger partial charge in [0.15, 0.2) is 0 Å². The monoisotopic (exact) mass is 231 g/mol. The Labute approximate surface area is 98.6 Å². The zero-order valence-corrected chi connectivity index (χ0v) is 9.70. The second kappa shape index (κ2) is 4.00. The summed E-state index contributed by atoms with van der Waals surface area (Å²) < 4.78 is 0. The first kappa shape index (κ1) is 10.00. The van der Waals surface area contributed by atoms with E-state index < -0.39 is 0 Å². The molecule has 0 atom stereocenters. The third kappa shape index (κ3) is 1.66. The van der Waals surface area contributed by atoms with E-state index in [1.165, 1.54) is 16.1 Å². The van der Waals surface area contributed by atoms with E-state index in [0.717, 1.165) is 18.5 Å². The van der Waals surface area contributed by atoms with E-state index in [1.54, 1.807) is 11.3 Å². The molecular formula is C13H13NOS. The van der Waals surface area contributed by atoms with Crippen LogP contribution in [-0.4, -0.2) is 10.1 Å². The van der Waals surface area contributed by atoms with Crippen LogP contribution >= 0.6 is 11.3 Å². The maximum Gasteiger partial charge on any atom is 0.0966 e.